The summed E-state index contributed by atoms with van der Waals surface area (Å²) in [7, 11) is 1.59. The number of nitrogens with zero attached hydrogens (tertiary/aromatic N) is 2. The molecule has 0 saturated heterocycles. The Balaban J connectivity index is 1.38. The Morgan fingerprint density at radius 2 is 1.76 bits per heavy atom. The number of hydrogen-bond acceptors (Lipinski definition) is 6. The summed E-state index contributed by atoms with van der Waals surface area (Å²) in [4.78, 5) is 17.1. The zero-order chi connectivity index (χ0) is 24.1. The SMILES string of the molecule is COc1c(Br)cc(/C=N\NC(=O)c2ccc(-c3csc(Nc4ccc(Cl)cc4)n3)cc2)cc1Br. The number of anilines is 2. The molecule has 4 rings (SSSR count). The highest BCUT2D eigenvalue weighted by atomic mass is 79.9. The lowest BCUT2D eigenvalue weighted by atomic mass is 10.1. The van der Waals surface area contributed by atoms with E-state index in [0.29, 0.717) is 16.3 Å². The Hall–Kier alpha value is -2.72. The standard InChI is InChI=1S/C24H17Br2ClN4O2S/c1-33-22-19(25)10-14(11-20(22)26)12-28-31-23(32)16-4-2-15(3-5-16)21-13-34-24(30-21)29-18-8-6-17(27)7-9-18/h2-13H,1H3,(H,29,30)(H,31,32)/b28-12-. The number of rotatable bonds is 7. The molecule has 10 heteroatoms. The van der Waals surface area contributed by atoms with Gasteiger partial charge in [0, 0.05) is 27.2 Å². The molecule has 3 aromatic carbocycles. The molecule has 1 aromatic heterocycles. The van der Waals surface area contributed by atoms with E-state index in [2.05, 4.69) is 52.7 Å². The number of benzene rings is 3. The Labute approximate surface area is 222 Å². The maximum Gasteiger partial charge on any atom is 0.271 e. The normalized spacial score (nSPS) is 10.9. The summed E-state index contributed by atoms with van der Waals surface area (Å²) in [5.41, 5.74) is 6.47. The van der Waals surface area contributed by atoms with Crippen molar-refractivity contribution in [1.82, 2.24) is 10.4 Å². The van der Waals surface area contributed by atoms with Crippen molar-refractivity contribution in [3.63, 3.8) is 0 Å². The fourth-order valence-electron chi connectivity index (χ4n) is 2.99. The fraction of sp³-hybridized carbons (Fsp3) is 0.0417. The molecule has 0 spiro atoms. The van der Waals surface area contributed by atoms with Crippen LogP contribution in [0.25, 0.3) is 11.3 Å². The molecule has 1 heterocycles. The molecule has 0 unspecified atom stereocenters. The first-order valence-electron chi connectivity index (χ1n) is 9.88. The first kappa shape index (κ1) is 24.4. The van der Waals surface area contributed by atoms with Gasteiger partial charge < -0.3 is 10.1 Å². The number of halogens is 3. The highest BCUT2D eigenvalue weighted by Crippen LogP contribution is 2.34. The number of carbonyl (C=O) groups excluding carboxylic acids is 1. The van der Waals surface area contributed by atoms with E-state index in [0.717, 1.165) is 36.6 Å². The minimum Gasteiger partial charge on any atom is -0.494 e. The van der Waals surface area contributed by atoms with E-state index < -0.39 is 0 Å². The number of aromatic nitrogens is 1. The molecule has 1 amide bonds. The molecule has 172 valence electrons. The quantitative estimate of drug-likeness (QED) is 0.166. The van der Waals surface area contributed by atoms with Gasteiger partial charge in [0.05, 0.1) is 28.0 Å². The van der Waals surface area contributed by atoms with Crippen molar-refractivity contribution >= 4 is 77.7 Å². The minimum atomic E-state index is -0.308. The number of ether oxygens (including phenoxy) is 1. The summed E-state index contributed by atoms with van der Waals surface area (Å²) in [5.74, 6) is 0.382. The molecule has 0 aliphatic carbocycles. The Morgan fingerprint density at radius 3 is 2.41 bits per heavy atom. The van der Waals surface area contributed by atoms with Gasteiger partial charge >= 0.3 is 0 Å². The van der Waals surface area contributed by atoms with Crippen LogP contribution in [-0.2, 0) is 0 Å². The number of nitrogens with one attached hydrogen (secondary N) is 2. The fourth-order valence-corrected chi connectivity index (χ4v) is 5.40. The molecule has 0 radical (unpaired) electrons. The first-order valence-corrected chi connectivity index (χ1v) is 12.7. The first-order chi connectivity index (χ1) is 16.4. The molecule has 0 saturated carbocycles. The summed E-state index contributed by atoms with van der Waals surface area (Å²) < 4.78 is 6.84. The van der Waals surface area contributed by atoms with Crippen molar-refractivity contribution < 1.29 is 9.53 Å². The van der Waals surface area contributed by atoms with Gasteiger partial charge in [0.15, 0.2) is 5.13 Å². The number of carbonyl (C=O) groups is 1. The van der Waals surface area contributed by atoms with Gasteiger partial charge in [0.1, 0.15) is 5.75 Å². The number of thiazole rings is 1. The largest absolute Gasteiger partial charge is 0.494 e. The Bertz CT molecular complexity index is 1320. The van der Waals surface area contributed by atoms with Gasteiger partial charge in [-0.15, -0.1) is 11.3 Å². The van der Waals surface area contributed by atoms with Crippen LogP contribution in [0.1, 0.15) is 15.9 Å². The van der Waals surface area contributed by atoms with Crippen LogP contribution in [0, 0.1) is 0 Å². The molecule has 0 aliphatic heterocycles. The van der Waals surface area contributed by atoms with E-state index in [1.165, 1.54) is 11.3 Å². The smallest absolute Gasteiger partial charge is 0.271 e. The van der Waals surface area contributed by atoms with Crippen LogP contribution in [0.2, 0.25) is 5.02 Å². The van der Waals surface area contributed by atoms with Gasteiger partial charge in [-0.3, -0.25) is 4.79 Å². The molecule has 34 heavy (non-hydrogen) atoms. The van der Waals surface area contributed by atoms with Gasteiger partial charge in [-0.05, 0) is 86.0 Å². The lowest BCUT2D eigenvalue weighted by Gasteiger charge is -2.07. The molecular weight excluding hydrogens is 604 g/mol. The number of amides is 1. The van der Waals surface area contributed by atoms with E-state index in [1.807, 2.05) is 53.9 Å². The molecule has 6 nitrogen and oxygen atoms in total. The van der Waals surface area contributed by atoms with E-state index >= 15 is 0 Å². The highest BCUT2D eigenvalue weighted by Gasteiger charge is 2.09. The molecule has 0 bridgehead atoms. The monoisotopic (exact) mass is 618 g/mol. The highest BCUT2D eigenvalue weighted by molar-refractivity contribution is 9.11. The van der Waals surface area contributed by atoms with Crippen LogP contribution < -0.4 is 15.5 Å². The maximum atomic E-state index is 12.5. The van der Waals surface area contributed by atoms with E-state index in [9.17, 15) is 4.79 Å². The minimum absolute atomic E-state index is 0.308. The molecule has 0 fully saturated rings. The predicted octanol–water partition coefficient (Wildman–Crippen LogP) is 7.50. The van der Waals surface area contributed by atoms with Crippen molar-refractivity contribution in [2.45, 2.75) is 0 Å². The zero-order valence-corrected chi connectivity index (χ0v) is 22.4. The van der Waals surface area contributed by atoms with E-state index in [1.54, 1.807) is 25.5 Å². The third kappa shape index (κ3) is 6.04. The van der Waals surface area contributed by atoms with Gasteiger partial charge in [0.25, 0.3) is 5.91 Å². The topological polar surface area (TPSA) is 75.6 Å². The number of methoxy groups -OCH3 is 1. The lowest BCUT2D eigenvalue weighted by molar-refractivity contribution is 0.0955. The van der Waals surface area contributed by atoms with Crippen LogP contribution in [0.5, 0.6) is 5.75 Å². The molecule has 2 N–H and O–H groups in total. The second kappa shape index (κ2) is 11.1. The second-order valence-electron chi connectivity index (χ2n) is 6.96. The van der Waals surface area contributed by atoms with E-state index in [4.69, 9.17) is 16.3 Å². The zero-order valence-electron chi connectivity index (χ0n) is 17.7. The second-order valence-corrected chi connectivity index (χ2v) is 9.97. The van der Waals surface area contributed by atoms with Crippen molar-refractivity contribution in [2.75, 3.05) is 12.4 Å². The van der Waals surface area contributed by atoms with Gasteiger partial charge in [0.2, 0.25) is 0 Å². The third-order valence-corrected chi connectivity index (χ3v) is 6.83. The molecule has 0 aliphatic rings. The average Bonchev–Trinajstić information content (AvgIpc) is 3.29. The summed E-state index contributed by atoms with van der Waals surface area (Å²) in [6, 6.07) is 18.3. The predicted molar refractivity (Wildman–Crippen MR) is 146 cm³/mol. The van der Waals surface area contributed by atoms with Crippen molar-refractivity contribution in [1.29, 1.82) is 0 Å². The van der Waals surface area contributed by atoms with Crippen LogP contribution in [0.15, 0.2) is 80.1 Å². The molecule has 4 aromatic rings. The van der Waals surface area contributed by atoms with Crippen molar-refractivity contribution in [2.24, 2.45) is 5.10 Å². The summed E-state index contributed by atoms with van der Waals surface area (Å²) in [6.45, 7) is 0. The lowest BCUT2D eigenvalue weighted by Crippen LogP contribution is -2.17. The Kier molecular flexibility index (Phi) is 7.99. The summed E-state index contributed by atoms with van der Waals surface area (Å²) >= 11 is 14.3. The van der Waals surface area contributed by atoms with Crippen LogP contribution in [-0.4, -0.2) is 24.2 Å². The average molecular weight is 621 g/mol. The molecule has 0 atom stereocenters. The van der Waals surface area contributed by atoms with Crippen molar-refractivity contribution in [3.8, 4) is 17.0 Å². The van der Waals surface area contributed by atoms with Crippen LogP contribution in [0.3, 0.4) is 0 Å². The Morgan fingerprint density at radius 1 is 1.09 bits per heavy atom. The van der Waals surface area contributed by atoms with E-state index in [-0.39, 0.29) is 5.91 Å². The van der Waals surface area contributed by atoms with Crippen LogP contribution >= 0.6 is 54.8 Å². The van der Waals surface area contributed by atoms with Gasteiger partial charge in [-0.25, -0.2) is 10.4 Å². The van der Waals surface area contributed by atoms with Crippen molar-refractivity contribution in [3.05, 3.63) is 91.1 Å². The number of hydrazone groups is 1. The summed E-state index contributed by atoms with van der Waals surface area (Å²) in [6.07, 6.45) is 1.56. The van der Waals surface area contributed by atoms with Crippen LogP contribution in [0.4, 0.5) is 10.8 Å². The summed E-state index contributed by atoms with van der Waals surface area (Å²) in [5, 5.41) is 10.7. The third-order valence-electron chi connectivity index (χ3n) is 4.65. The van der Waals surface area contributed by atoms with Gasteiger partial charge in [-0.1, -0.05) is 23.7 Å². The number of hydrogen-bond donors (Lipinski definition) is 2. The molecular formula is C24H17Br2ClN4O2S. The van der Waals surface area contributed by atoms with Gasteiger partial charge in [-0.2, -0.15) is 5.10 Å². The maximum absolute atomic E-state index is 12.5.